The molecule has 0 atom stereocenters. The Morgan fingerprint density at radius 1 is 1.19 bits per heavy atom. The van der Waals surface area contributed by atoms with Gasteiger partial charge >= 0.3 is 0 Å². The molecule has 2 rings (SSSR count). The number of nitrogens with two attached hydrogens (primary N) is 1. The molecule has 0 radical (unpaired) electrons. The van der Waals surface area contributed by atoms with E-state index in [4.69, 9.17) is 27.4 Å². The molecule has 6 heteroatoms. The third-order valence-corrected chi connectivity index (χ3v) is 3.06. The normalized spacial score (nSPS) is 10.2. The molecule has 0 amide bonds. The summed E-state index contributed by atoms with van der Waals surface area (Å²) in [5.41, 5.74) is 6.88. The molecule has 0 heterocycles. The Hall–Kier alpha value is -2.21. The molecule has 2 N–H and O–H groups in total. The first kappa shape index (κ1) is 15.2. The summed E-state index contributed by atoms with van der Waals surface area (Å²) in [6, 6.07) is 8.88. The van der Waals surface area contributed by atoms with E-state index in [0.29, 0.717) is 16.9 Å². The summed E-state index contributed by atoms with van der Waals surface area (Å²) in [6.07, 6.45) is 0. The summed E-state index contributed by atoms with van der Waals surface area (Å²) in [6.45, 7) is 0.0555. The van der Waals surface area contributed by atoms with Gasteiger partial charge < -0.3 is 15.2 Å². The number of benzene rings is 2. The molecular weight excluding hydrogens is 296 g/mol. The zero-order valence-corrected chi connectivity index (χ0v) is 12.0. The van der Waals surface area contributed by atoms with Crippen LogP contribution < -0.4 is 15.2 Å². The zero-order valence-electron chi connectivity index (χ0n) is 11.2. The highest BCUT2D eigenvalue weighted by Gasteiger charge is 2.10. The van der Waals surface area contributed by atoms with Gasteiger partial charge in [0.05, 0.1) is 12.7 Å². The summed E-state index contributed by atoms with van der Waals surface area (Å²) >= 11 is 4.94. The van der Waals surface area contributed by atoms with Crippen LogP contribution in [0.3, 0.4) is 0 Å². The van der Waals surface area contributed by atoms with Gasteiger partial charge in [0.15, 0.2) is 11.6 Å². The lowest BCUT2D eigenvalue weighted by Gasteiger charge is -2.11. The maximum Gasteiger partial charge on any atom is 0.200 e. The molecule has 0 aromatic heterocycles. The second-order valence-electron chi connectivity index (χ2n) is 4.24. The average Bonchev–Trinajstić information content (AvgIpc) is 2.48. The molecular formula is C15H13F2NO2S. The minimum Gasteiger partial charge on any atom is -0.496 e. The third-order valence-electron chi connectivity index (χ3n) is 2.84. The molecule has 0 saturated heterocycles. The first-order valence-corrected chi connectivity index (χ1v) is 6.47. The largest absolute Gasteiger partial charge is 0.496 e. The second kappa shape index (κ2) is 6.49. The van der Waals surface area contributed by atoms with Crippen LogP contribution in [0.15, 0.2) is 36.4 Å². The van der Waals surface area contributed by atoms with Crippen LogP contribution in [0.1, 0.15) is 11.1 Å². The van der Waals surface area contributed by atoms with Crippen molar-refractivity contribution in [2.75, 3.05) is 7.11 Å². The number of hydrogen-bond donors (Lipinski definition) is 1. The molecule has 0 aliphatic carbocycles. The molecule has 0 spiro atoms. The molecule has 0 aliphatic heterocycles. The molecule has 0 fully saturated rings. The van der Waals surface area contributed by atoms with Crippen molar-refractivity contribution in [1.82, 2.24) is 0 Å². The molecule has 3 nitrogen and oxygen atoms in total. The highest BCUT2D eigenvalue weighted by molar-refractivity contribution is 7.80. The van der Waals surface area contributed by atoms with Crippen molar-refractivity contribution in [1.29, 1.82) is 0 Å². The number of hydrogen-bond acceptors (Lipinski definition) is 3. The van der Waals surface area contributed by atoms with Crippen LogP contribution in [0.4, 0.5) is 8.78 Å². The first-order chi connectivity index (χ1) is 10.0. The van der Waals surface area contributed by atoms with E-state index in [0.717, 1.165) is 6.07 Å². The molecule has 110 valence electrons. The van der Waals surface area contributed by atoms with Gasteiger partial charge in [0.1, 0.15) is 17.3 Å². The number of methoxy groups -OCH3 is 1. The molecule has 0 saturated carbocycles. The average molecular weight is 309 g/mol. The molecule has 0 aliphatic rings. The Kier molecular flexibility index (Phi) is 4.70. The summed E-state index contributed by atoms with van der Waals surface area (Å²) in [4.78, 5) is 0.186. The molecule has 21 heavy (non-hydrogen) atoms. The zero-order chi connectivity index (χ0) is 15.4. The van der Waals surface area contributed by atoms with E-state index in [1.165, 1.54) is 19.2 Å². The van der Waals surface area contributed by atoms with Crippen LogP contribution in [0.25, 0.3) is 0 Å². The fourth-order valence-electron chi connectivity index (χ4n) is 1.79. The maximum atomic E-state index is 13.5. The van der Waals surface area contributed by atoms with Crippen molar-refractivity contribution in [3.8, 4) is 11.5 Å². The van der Waals surface area contributed by atoms with E-state index in [-0.39, 0.29) is 17.3 Å². The van der Waals surface area contributed by atoms with Crippen molar-refractivity contribution in [2.45, 2.75) is 6.61 Å². The van der Waals surface area contributed by atoms with E-state index in [2.05, 4.69) is 0 Å². The molecule has 2 aromatic rings. The SMILES string of the molecule is COc1ccc(COc2cccc(F)c2F)cc1C(N)=S. The Morgan fingerprint density at radius 2 is 1.95 bits per heavy atom. The van der Waals surface area contributed by atoms with Gasteiger partial charge in [0.2, 0.25) is 5.82 Å². The van der Waals surface area contributed by atoms with E-state index in [9.17, 15) is 8.78 Å². The highest BCUT2D eigenvalue weighted by Crippen LogP contribution is 2.23. The first-order valence-electron chi connectivity index (χ1n) is 6.06. The molecule has 0 unspecified atom stereocenters. The monoisotopic (exact) mass is 309 g/mol. The van der Waals surface area contributed by atoms with Crippen molar-refractivity contribution in [2.24, 2.45) is 5.73 Å². The number of rotatable bonds is 5. The Labute approximate surface area is 126 Å². The quantitative estimate of drug-likeness (QED) is 0.862. The minimum absolute atomic E-state index is 0.0555. The van der Waals surface area contributed by atoms with Crippen LogP contribution in [0, 0.1) is 11.6 Å². The Bertz CT molecular complexity index is 677. The van der Waals surface area contributed by atoms with E-state index in [1.54, 1.807) is 18.2 Å². The van der Waals surface area contributed by atoms with Gasteiger partial charge in [-0.25, -0.2) is 4.39 Å². The summed E-state index contributed by atoms with van der Waals surface area (Å²) in [7, 11) is 1.51. The van der Waals surface area contributed by atoms with Gasteiger partial charge in [-0.2, -0.15) is 4.39 Å². The van der Waals surface area contributed by atoms with Gasteiger partial charge in [0, 0.05) is 0 Å². The van der Waals surface area contributed by atoms with E-state index >= 15 is 0 Å². The molecule has 2 aromatic carbocycles. The van der Waals surface area contributed by atoms with Crippen LogP contribution in [-0.4, -0.2) is 12.1 Å². The second-order valence-corrected chi connectivity index (χ2v) is 4.68. The van der Waals surface area contributed by atoms with Crippen molar-refractivity contribution in [3.63, 3.8) is 0 Å². The van der Waals surface area contributed by atoms with Crippen LogP contribution >= 0.6 is 12.2 Å². The smallest absolute Gasteiger partial charge is 0.200 e. The lowest BCUT2D eigenvalue weighted by molar-refractivity contribution is 0.284. The predicted molar refractivity (Wildman–Crippen MR) is 79.6 cm³/mol. The van der Waals surface area contributed by atoms with Gasteiger partial charge in [0.25, 0.3) is 0 Å². The summed E-state index contributed by atoms with van der Waals surface area (Å²) in [5, 5.41) is 0. The van der Waals surface area contributed by atoms with Gasteiger partial charge in [-0.05, 0) is 29.8 Å². The minimum atomic E-state index is -1.01. The summed E-state index contributed by atoms with van der Waals surface area (Å²) in [5.74, 6) is -1.57. The number of halogens is 2. The van der Waals surface area contributed by atoms with Crippen molar-refractivity contribution >= 4 is 17.2 Å². The fraction of sp³-hybridized carbons (Fsp3) is 0.133. The third kappa shape index (κ3) is 3.46. The maximum absolute atomic E-state index is 13.5. The van der Waals surface area contributed by atoms with Crippen LogP contribution in [-0.2, 0) is 6.61 Å². The lowest BCUT2D eigenvalue weighted by Crippen LogP contribution is -2.12. The number of ether oxygens (including phenoxy) is 2. The fourth-order valence-corrected chi connectivity index (χ4v) is 1.95. The molecule has 0 bridgehead atoms. The predicted octanol–water partition coefficient (Wildman–Crippen LogP) is 3.19. The van der Waals surface area contributed by atoms with Gasteiger partial charge in [-0.3, -0.25) is 0 Å². The van der Waals surface area contributed by atoms with Gasteiger partial charge in [-0.1, -0.05) is 24.4 Å². The lowest BCUT2D eigenvalue weighted by atomic mass is 10.1. The van der Waals surface area contributed by atoms with Gasteiger partial charge in [-0.15, -0.1) is 0 Å². The Balaban J connectivity index is 2.19. The van der Waals surface area contributed by atoms with Crippen LogP contribution in [0.2, 0.25) is 0 Å². The van der Waals surface area contributed by atoms with E-state index in [1.807, 2.05) is 0 Å². The standard InChI is InChI=1S/C15H13F2NO2S/c1-19-12-6-5-9(7-10(12)15(18)21)8-20-13-4-2-3-11(16)14(13)17/h2-7H,8H2,1H3,(H2,18,21). The number of thiocarbonyl (C=S) groups is 1. The Morgan fingerprint density at radius 3 is 2.62 bits per heavy atom. The van der Waals surface area contributed by atoms with E-state index < -0.39 is 11.6 Å². The topological polar surface area (TPSA) is 44.5 Å². The van der Waals surface area contributed by atoms with Crippen molar-refractivity contribution < 1.29 is 18.3 Å². The van der Waals surface area contributed by atoms with Crippen molar-refractivity contribution in [3.05, 3.63) is 59.2 Å². The summed E-state index contributed by atoms with van der Waals surface area (Å²) < 4.78 is 37.0. The van der Waals surface area contributed by atoms with Crippen LogP contribution in [0.5, 0.6) is 11.5 Å². The highest BCUT2D eigenvalue weighted by atomic mass is 32.1.